The molecule has 0 aromatic rings. The van der Waals surface area contributed by atoms with Crippen molar-refractivity contribution in [2.24, 2.45) is 0 Å². The number of likely N-dealkylation sites (N-methyl/N-ethyl adjacent to an activating group) is 2. The lowest BCUT2D eigenvalue weighted by atomic mass is 10.1. The van der Waals surface area contributed by atoms with Crippen molar-refractivity contribution in [2.45, 2.75) is 39.2 Å². The fourth-order valence-electron chi connectivity index (χ4n) is 1.64. The third kappa shape index (κ3) is 7.74. The summed E-state index contributed by atoms with van der Waals surface area (Å²) in [5.41, 5.74) is 0. The van der Waals surface area contributed by atoms with Gasteiger partial charge in [0.25, 0.3) is 0 Å². The number of unbranched alkanes of at least 4 members (excludes halogenated alkanes) is 1. The first-order valence-electron chi connectivity index (χ1n) is 6.17. The highest BCUT2D eigenvalue weighted by atomic mass is 16.2. The normalized spacial score (nSPS) is 12.3. The minimum atomic E-state index is -0.0766. The molecule has 5 heteroatoms. The molecule has 0 radical (unpaired) electrons. The van der Waals surface area contributed by atoms with Crippen LogP contribution < -0.4 is 10.6 Å². The molecule has 0 aliphatic carbocycles. The predicted molar refractivity (Wildman–Crippen MR) is 68.7 cm³/mol. The maximum Gasteiger partial charge on any atom is 0.237 e. The smallest absolute Gasteiger partial charge is 0.237 e. The summed E-state index contributed by atoms with van der Waals surface area (Å²) < 4.78 is 0. The number of rotatable bonds is 8. The first-order valence-corrected chi connectivity index (χ1v) is 6.17. The lowest BCUT2D eigenvalue weighted by Gasteiger charge is -2.23. The number of amides is 2. The van der Waals surface area contributed by atoms with Gasteiger partial charge in [0.05, 0.1) is 6.04 Å². The van der Waals surface area contributed by atoms with Gasteiger partial charge in [0.2, 0.25) is 11.8 Å². The second-order valence-electron chi connectivity index (χ2n) is 4.35. The van der Waals surface area contributed by atoms with Gasteiger partial charge in [-0.15, -0.1) is 0 Å². The molecular weight excluding hydrogens is 218 g/mol. The summed E-state index contributed by atoms with van der Waals surface area (Å²) in [4.78, 5) is 24.3. The van der Waals surface area contributed by atoms with E-state index in [-0.39, 0.29) is 17.9 Å². The fraction of sp³-hybridized carbons (Fsp3) is 0.833. The highest BCUT2D eigenvalue weighted by molar-refractivity contribution is 5.81. The van der Waals surface area contributed by atoms with Gasteiger partial charge in [0, 0.05) is 20.0 Å². The Morgan fingerprint density at radius 2 is 1.82 bits per heavy atom. The van der Waals surface area contributed by atoms with Crippen LogP contribution in [0.25, 0.3) is 0 Å². The predicted octanol–water partition coefficient (Wildman–Crippen LogP) is 0.359. The van der Waals surface area contributed by atoms with Crippen LogP contribution in [0.5, 0.6) is 0 Å². The van der Waals surface area contributed by atoms with Crippen LogP contribution in [-0.4, -0.2) is 49.9 Å². The Kier molecular flexibility index (Phi) is 8.40. The highest BCUT2D eigenvalue weighted by Gasteiger charge is 2.18. The van der Waals surface area contributed by atoms with Crippen LogP contribution in [-0.2, 0) is 9.59 Å². The maximum absolute atomic E-state index is 11.7. The van der Waals surface area contributed by atoms with Gasteiger partial charge in [-0.05, 0) is 40.3 Å². The molecule has 1 unspecified atom stereocenters. The number of carbonyl (C=O) groups is 2. The molecule has 2 N–H and O–H groups in total. The van der Waals surface area contributed by atoms with Gasteiger partial charge in [0.1, 0.15) is 0 Å². The van der Waals surface area contributed by atoms with E-state index in [1.54, 1.807) is 0 Å². The SMILES string of the molecule is CCNC(=O)C(CCCCNC(C)=O)N(C)C. The number of carbonyl (C=O) groups excluding carboxylic acids is 2. The van der Waals surface area contributed by atoms with Crippen LogP contribution in [0, 0.1) is 0 Å². The van der Waals surface area contributed by atoms with Crippen molar-refractivity contribution in [3.8, 4) is 0 Å². The van der Waals surface area contributed by atoms with E-state index >= 15 is 0 Å². The Morgan fingerprint density at radius 3 is 2.29 bits per heavy atom. The first-order chi connectivity index (χ1) is 7.99. The third-order valence-electron chi connectivity index (χ3n) is 2.56. The van der Waals surface area contributed by atoms with E-state index in [9.17, 15) is 9.59 Å². The van der Waals surface area contributed by atoms with Gasteiger partial charge < -0.3 is 10.6 Å². The Bertz CT molecular complexity index is 242. The van der Waals surface area contributed by atoms with Crippen LogP contribution in [0.4, 0.5) is 0 Å². The number of hydrogen-bond donors (Lipinski definition) is 2. The summed E-state index contributed by atoms with van der Waals surface area (Å²) in [6.45, 7) is 4.78. The molecule has 0 aromatic carbocycles. The zero-order valence-corrected chi connectivity index (χ0v) is 11.4. The van der Waals surface area contributed by atoms with Gasteiger partial charge >= 0.3 is 0 Å². The minimum Gasteiger partial charge on any atom is -0.356 e. The second kappa shape index (κ2) is 8.98. The second-order valence-corrected chi connectivity index (χ2v) is 4.35. The molecule has 0 saturated heterocycles. The zero-order valence-electron chi connectivity index (χ0n) is 11.4. The Hall–Kier alpha value is -1.10. The number of nitrogens with zero attached hydrogens (tertiary/aromatic N) is 1. The van der Waals surface area contributed by atoms with Crippen molar-refractivity contribution < 1.29 is 9.59 Å². The number of nitrogens with one attached hydrogen (secondary N) is 2. The van der Waals surface area contributed by atoms with Crippen LogP contribution in [0.2, 0.25) is 0 Å². The van der Waals surface area contributed by atoms with E-state index in [2.05, 4.69) is 10.6 Å². The van der Waals surface area contributed by atoms with E-state index in [4.69, 9.17) is 0 Å². The van der Waals surface area contributed by atoms with Crippen LogP contribution in [0.3, 0.4) is 0 Å². The summed E-state index contributed by atoms with van der Waals surface area (Å²) in [6.07, 6.45) is 2.65. The average molecular weight is 243 g/mol. The fourth-order valence-corrected chi connectivity index (χ4v) is 1.64. The van der Waals surface area contributed by atoms with Gasteiger partial charge in [0.15, 0.2) is 0 Å². The molecule has 0 aliphatic rings. The van der Waals surface area contributed by atoms with E-state index in [0.717, 1.165) is 19.3 Å². The maximum atomic E-state index is 11.7. The molecule has 0 saturated carbocycles. The van der Waals surface area contributed by atoms with Crippen LogP contribution in [0.15, 0.2) is 0 Å². The molecular formula is C12H25N3O2. The van der Waals surface area contributed by atoms with Crippen LogP contribution >= 0.6 is 0 Å². The highest BCUT2D eigenvalue weighted by Crippen LogP contribution is 2.05. The topological polar surface area (TPSA) is 61.4 Å². The number of hydrogen-bond acceptors (Lipinski definition) is 3. The lowest BCUT2D eigenvalue weighted by Crippen LogP contribution is -2.43. The Balaban J connectivity index is 3.85. The molecule has 0 rings (SSSR count). The van der Waals surface area contributed by atoms with Gasteiger partial charge in [-0.25, -0.2) is 0 Å². The van der Waals surface area contributed by atoms with E-state index < -0.39 is 0 Å². The molecule has 17 heavy (non-hydrogen) atoms. The largest absolute Gasteiger partial charge is 0.356 e. The summed E-state index contributed by atoms with van der Waals surface area (Å²) >= 11 is 0. The van der Waals surface area contributed by atoms with Gasteiger partial charge in [-0.3, -0.25) is 14.5 Å². The van der Waals surface area contributed by atoms with Gasteiger partial charge in [-0.2, -0.15) is 0 Å². The van der Waals surface area contributed by atoms with Crippen molar-refractivity contribution in [3.63, 3.8) is 0 Å². The Morgan fingerprint density at radius 1 is 1.18 bits per heavy atom. The summed E-state index contributed by atoms with van der Waals surface area (Å²) in [5, 5.41) is 5.59. The zero-order chi connectivity index (χ0) is 13.3. The van der Waals surface area contributed by atoms with Crippen molar-refractivity contribution >= 4 is 11.8 Å². The molecule has 0 aromatic heterocycles. The summed E-state index contributed by atoms with van der Waals surface area (Å²) in [7, 11) is 3.82. The van der Waals surface area contributed by atoms with Crippen molar-refractivity contribution in [1.29, 1.82) is 0 Å². The Labute approximate surface area is 104 Å². The lowest BCUT2D eigenvalue weighted by molar-refractivity contribution is -0.125. The summed E-state index contributed by atoms with van der Waals surface area (Å²) in [5.74, 6) is 0.0786. The molecule has 100 valence electrons. The monoisotopic (exact) mass is 243 g/mol. The summed E-state index contributed by atoms with van der Waals surface area (Å²) in [6, 6.07) is -0.0766. The first kappa shape index (κ1) is 15.9. The van der Waals surface area contributed by atoms with Crippen molar-refractivity contribution in [3.05, 3.63) is 0 Å². The molecule has 0 bridgehead atoms. The van der Waals surface area contributed by atoms with Crippen molar-refractivity contribution in [1.82, 2.24) is 15.5 Å². The average Bonchev–Trinajstić information content (AvgIpc) is 2.22. The molecule has 0 spiro atoms. The minimum absolute atomic E-state index is 0.00196. The van der Waals surface area contributed by atoms with Crippen molar-refractivity contribution in [2.75, 3.05) is 27.2 Å². The molecule has 2 amide bonds. The molecule has 1 atom stereocenters. The van der Waals surface area contributed by atoms with E-state index in [1.165, 1.54) is 6.92 Å². The van der Waals surface area contributed by atoms with Crippen LogP contribution in [0.1, 0.15) is 33.1 Å². The van der Waals surface area contributed by atoms with Gasteiger partial charge in [-0.1, -0.05) is 0 Å². The quantitative estimate of drug-likeness (QED) is 0.605. The third-order valence-corrected chi connectivity index (χ3v) is 2.56. The molecule has 5 nitrogen and oxygen atoms in total. The van der Waals surface area contributed by atoms with E-state index in [1.807, 2.05) is 25.9 Å². The molecule has 0 heterocycles. The molecule has 0 aliphatic heterocycles. The standard InChI is InChI=1S/C12H25N3O2/c1-5-13-12(17)11(15(3)4)8-6-7-9-14-10(2)16/h11H,5-9H2,1-4H3,(H,13,17)(H,14,16). The van der Waals surface area contributed by atoms with E-state index in [0.29, 0.717) is 13.1 Å². The molecule has 0 fully saturated rings.